The number of carbonyl (C=O) groups excluding carboxylic acids is 2. The second kappa shape index (κ2) is 9.72. The second-order valence-electron chi connectivity index (χ2n) is 6.13. The van der Waals surface area contributed by atoms with Crippen LogP contribution in [0.5, 0.6) is 0 Å². The van der Waals surface area contributed by atoms with Gasteiger partial charge in [0.05, 0.1) is 6.42 Å². The second-order valence-corrected chi connectivity index (χ2v) is 6.97. The third kappa shape index (κ3) is 5.94. The van der Waals surface area contributed by atoms with Crippen LogP contribution in [0.15, 0.2) is 42.5 Å². The first-order valence-corrected chi connectivity index (χ1v) is 9.33. The minimum atomic E-state index is -0.687. The number of hydrogen-bond acceptors (Lipinski definition) is 2. The van der Waals surface area contributed by atoms with Crippen molar-refractivity contribution in [2.45, 2.75) is 32.9 Å². The SMILES string of the molecule is CCNC(=O)[C@H](C)N(Cc1ccc(F)cc1)C(=O)Cc1ccc(Cl)cc1Cl. The highest BCUT2D eigenvalue weighted by atomic mass is 35.5. The van der Waals surface area contributed by atoms with Crippen LogP contribution in [0.4, 0.5) is 4.39 Å². The summed E-state index contributed by atoms with van der Waals surface area (Å²) in [4.78, 5) is 26.7. The molecule has 2 aromatic rings. The third-order valence-corrected chi connectivity index (χ3v) is 4.73. The minimum absolute atomic E-state index is 0.0287. The third-order valence-electron chi connectivity index (χ3n) is 4.14. The summed E-state index contributed by atoms with van der Waals surface area (Å²) >= 11 is 12.1. The van der Waals surface area contributed by atoms with E-state index in [0.717, 1.165) is 5.56 Å². The molecule has 0 fully saturated rings. The fraction of sp³-hybridized carbons (Fsp3) is 0.300. The van der Waals surface area contributed by atoms with E-state index in [1.165, 1.54) is 17.0 Å². The highest BCUT2D eigenvalue weighted by molar-refractivity contribution is 6.35. The molecule has 1 N–H and O–H groups in total. The Bertz CT molecular complexity index is 812. The molecule has 0 aromatic heterocycles. The van der Waals surface area contributed by atoms with Crippen molar-refractivity contribution < 1.29 is 14.0 Å². The number of halogens is 3. The van der Waals surface area contributed by atoms with Gasteiger partial charge in [0.15, 0.2) is 0 Å². The van der Waals surface area contributed by atoms with Crippen molar-refractivity contribution in [3.63, 3.8) is 0 Å². The molecule has 27 heavy (non-hydrogen) atoms. The Morgan fingerprint density at radius 2 is 1.81 bits per heavy atom. The van der Waals surface area contributed by atoms with Gasteiger partial charge < -0.3 is 10.2 Å². The van der Waals surface area contributed by atoms with E-state index in [1.54, 1.807) is 37.3 Å². The zero-order chi connectivity index (χ0) is 20.0. The molecular weight excluding hydrogens is 390 g/mol. The molecule has 2 aromatic carbocycles. The molecule has 7 heteroatoms. The summed E-state index contributed by atoms with van der Waals surface area (Å²) in [6, 6.07) is 10.1. The first kappa shape index (κ1) is 21.2. The van der Waals surface area contributed by atoms with Crippen LogP contribution in [0.3, 0.4) is 0 Å². The standard InChI is InChI=1S/C20H21Cl2FN2O2/c1-3-24-20(27)13(2)25(12-14-4-8-17(23)9-5-14)19(26)10-15-6-7-16(21)11-18(15)22/h4-9,11,13H,3,10,12H2,1-2H3,(H,24,27)/t13-/m0/s1. The molecule has 0 aliphatic carbocycles. The van der Waals surface area contributed by atoms with Crippen LogP contribution in [0.2, 0.25) is 10.0 Å². The highest BCUT2D eigenvalue weighted by Crippen LogP contribution is 2.22. The highest BCUT2D eigenvalue weighted by Gasteiger charge is 2.26. The molecule has 0 heterocycles. The zero-order valence-corrected chi connectivity index (χ0v) is 16.6. The van der Waals surface area contributed by atoms with E-state index in [0.29, 0.717) is 22.2 Å². The molecule has 2 amide bonds. The fourth-order valence-corrected chi connectivity index (χ4v) is 3.10. The summed E-state index contributed by atoms with van der Waals surface area (Å²) in [5.74, 6) is -0.876. The summed E-state index contributed by atoms with van der Waals surface area (Å²) in [7, 11) is 0. The minimum Gasteiger partial charge on any atom is -0.355 e. The molecule has 2 rings (SSSR count). The van der Waals surface area contributed by atoms with Gasteiger partial charge in [-0.25, -0.2) is 4.39 Å². The predicted molar refractivity (Wildman–Crippen MR) is 105 cm³/mol. The maximum absolute atomic E-state index is 13.2. The topological polar surface area (TPSA) is 49.4 Å². The summed E-state index contributed by atoms with van der Waals surface area (Å²) in [5.41, 5.74) is 1.35. The first-order chi connectivity index (χ1) is 12.8. The van der Waals surface area contributed by atoms with Crippen LogP contribution in [0.1, 0.15) is 25.0 Å². The van der Waals surface area contributed by atoms with Crippen LogP contribution < -0.4 is 5.32 Å². The van der Waals surface area contributed by atoms with Crippen molar-refractivity contribution >= 4 is 35.0 Å². The molecule has 0 aliphatic rings. The molecule has 144 valence electrons. The Labute approximate surface area is 168 Å². The lowest BCUT2D eigenvalue weighted by molar-refractivity contribution is -0.140. The number of carbonyl (C=O) groups is 2. The molecular formula is C20H21Cl2FN2O2. The molecule has 4 nitrogen and oxygen atoms in total. The summed E-state index contributed by atoms with van der Waals surface area (Å²) < 4.78 is 13.2. The Kier molecular flexibility index (Phi) is 7.63. The van der Waals surface area contributed by atoms with E-state index in [2.05, 4.69) is 5.32 Å². The quantitative estimate of drug-likeness (QED) is 0.742. The largest absolute Gasteiger partial charge is 0.355 e. The normalized spacial score (nSPS) is 11.7. The molecule has 0 saturated carbocycles. The summed E-state index contributed by atoms with van der Waals surface area (Å²) in [6.45, 7) is 4.12. The lowest BCUT2D eigenvalue weighted by Crippen LogP contribution is -2.48. The molecule has 1 atom stereocenters. The fourth-order valence-electron chi connectivity index (χ4n) is 2.62. The van der Waals surface area contributed by atoms with Gasteiger partial charge in [-0.05, 0) is 49.2 Å². The van der Waals surface area contributed by atoms with E-state index in [4.69, 9.17) is 23.2 Å². The molecule has 0 aliphatic heterocycles. The first-order valence-electron chi connectivity index (χ1n) is 8.57. The predicted octanol–water partition coefficient (Wildman–Crippen LogP) is 4.23. The number of likely N-dealkylation sites (N-methyl/N-ethyl adjacent to an activating group) is 1. The maximum atomic E-state index is 13.2. The summed E-state index contributed by atoms with van der Waals surface area (Å²) in [6.07, 6.45) is 0.0287. The maximum Gasteiger partial charge on any atom is 0.242 e. The molecule has 0 radical (unpaired) electrons. The van der Waals surface area contributed by atoms with Crippen LogP contribution in [-0.4, -0.2) is 29.3 Å². The number of amides is 2. The Hall–Kier alpha value is -2.11. The molecule has 0 unspecified atom stereocenters. The molecule has 0 bridgehead atoms. The number of benzene rings is 2. The van der Waals surface area contributed by atoms with Gasteiger partial charge in [0.2, 0.25) is 11.8 Å². The smallest absolute Gasteiger partial charge is 0.242 e. The van der Waals surface area contributed by atoms with Gasteiger partial charge in [-0.1, -0.05) is 41.4 Å². The average molecular weight is 411 g/mol. The van der Waals surface area contributed by atoms with E-state index in [9.17, 15) is 14.0 Å². The van der Waals surface area contributed by atoms with Gasteiger partial charge in [0, 0.05) is 23.1 Å². The van der Waals surface area contributed by atoms with Gasteiger partial charge in [-0.15, -0.1) is 0 Å². The number of hydrogen-bond donors (Lipinski definition) is 1. The van der Waals surface area contributed by atoms with Crippen LogP contribution in [0.25, 0.3) is 0 Å². The van der Waals surface area contributed by atoms with Crippen molar-refractivity contribution in [2.24, 2.45) is 0 Å². The van der Waals surface area contributed by atoms with Gasteiger partial charge in [-0.2, -0.15) is 0 Å². The number of nitrogens with one attached hydrogen (secondary N) is 1. The van der Waals surface area contributed by atoms with Gasteiger partial charge >= 0.3 is 0 Å². The van der Waals surface area contributed by atoms with Crippen molar-refractivity contribution in [2.75, 3.05) is 6.54 Å². The number of nitrogens with zero attached hydrogens (tertiary/aromatic N) is 1. The lowest BCUT2D eigenvalue weighted by atomic mass is 10.1. The van der Waals surface area contributed by atoms with E-state index in [-0.39, 0.29) is 30.6 Å². The van der Waals surface area contributed by atoms with Crippen molar-refractivity contribution in [3.05, 3.63) is 69.5 Å². The Balaban J connectivity index is 2.25. The van der Waals surface area contributed by atoms with Crippen LogP contribution in [-0.2, 0) is 22.6 Å². The molecule has 0 spiro atoms. The van der Waals surface area contributed by atoms with Crippen molar-refractivity contribution in [1.82, 2.24) is 10.2 Å². The van der Waals surface area contributed by atoms with E-state index in [1.807, 2.05) is 6.92 Å². The summed E-state index contributed by atoms with van der Waals surface area (Å²) in [5, 5.41) is 3.60. The van der Waals surface area contributed by atoms with Crippen LogP contribution >= 0.6 is 23.2 Å². The van der Waals surface area contributed by atoms with E-state index >= 15 is 0 Å². The monoisotopic (exact) mass is 410 g/mol. The Morgan fingerprint density at radius 1 is 1.15 bits per heavy atom. The van der Waals surface area contributed by atoms with Gasteiger partial charge in [0.25, 0.3) is 0 Å². The van der Waals surface area contributed by atoms with Crippen LogP contribution in [0, 0.1) is 5.82 Å². The zero-order valence-electron chi connectivity index (χ0n) is 15.1. The van der Waals surface area contributed by atoms with Crippen molar-refractivity contribution in [3.8, 4) is 0 Å². The average Bonchev–Trinajstić information content (AvgIpc) is 2.63. The Morgan fingerprint density at radius 3 is 2.41 bits per heavy atom. The van der Waals surface area contributed by atoms with Crippen molar-refractivity contribution in [1.29, 1.82) is 0 Å². The van der Waals surface area contributed by atoms with E-state index < -0.39 is 6.04 Å². The molecule has 0 saturated heterocycles. The lowest BCUT2D eigenvalue weighted by Gasteiger charge is -2.29. The van der Waals surface area contributed by atoms with Gasteiger partial charge in [-0.3, -0.25) is 9.59 Å². The number of rotatable bonds is 7. The van der Waals surface area contributed by atoms with Gasteiger partial charge in [0.1, 0.15) is 11.9 Å².